The van der Waals surface area contributed by atoms with Crippen molar-refractivity contribution >= 4 is 49.4 Å². The molecule has 0 fully saturated rings. The summed E-state index contributed by atoms with van der Waals surface area (Å²) < 4.78 is 1.05. The topological polar surface area (TPSA) is 54.9 Å². The number of hydrogen-bond donors (Lipinski definition) is 1. The summed E-state index contributed by atoms with van der Waals surface area (Å²) in [5, 5.41) is 5.65. The number of anilines is 1. The second kappa shape index (κ2) is 6.22. The second-order valence-electron chi connectivity index (χ2n) is 5.23. The van der Waals surface area contributed by atoms with Crippen LogP contribution in [0.15, 0.2) is 66.9 Å². The largest absolute Gasteiger partial charge is 0.298 e. The fraction of sp³-hybridized carbons (Fsp3) is 0. The molecule has 5 heteroatoms. The summed E-state index contributed by atoms with van der Waals surface area (Å²) in [5.74, 6) is -0.219. The van der Waals surface area contributed by atoms with E-state index in [1.54, 1.807) is 12.3 Å². The molecule has 2 aromatic heterocycles. The number of carbonyl (C=O) groups is 1. The SMILES string of the molecule is O=C(C=Cc1ccccn1)Nc1nc2c(ccc3ccccc32)s1. The van der Waals surface area contributed by atoms with Crippen LogP contribution >= 0.6 is 11.3 Å². The number of thiazole rings is 1. The molecule has 2 aromatic carbocycles. The first-order valence-corrected chi connectivity index (χ1v) is 8.30. The lowest BCUT2D eigenvalue weighted by atomic mass is 10.1. The quantitative estimate of drug-likeness (QED) is 0.563. The van der Waals surface area contributed by atoms with Gasteiger partial charge in [0.25, 0.3) is 0 Å². The van der Waals surface area contributed by atoms with E-state index < -0.39 is 0 Å². The summed E-state index contributed by atoms with van der Waals surface area (Å²) in [6, 6.07) is 17.8. The average Bonchev–Trinajstić information content (AvgIpc) is 3.04. The number of pyridine rings is 1. The number of fused-ring (bicyclic) bond motifs is 3. The van der Waals surface area contributed by atoms with Gasteiger partial charge in [0.2, 0.25) is 5.91 Å². The van der Waals surface area contributed by atoms with Crippen LogP contribution in [-0.2, 0) is 4.79 Å². The van der Waals surface area contributed by atoms with Crippen molar-refractivity contribution in [3.63, 3.8) is 0 Å². The molecule has 0 saturated heterocycles. The van der Waals surface area contributed by atoms with Crippen LogP contribution in [0, 0.1) is 0 Å². The number of carbonyl (C=O) groups excluding carboxylic acids is 1. The lowest BCUT2D eigenvalue weighted by molar-refractivity contribution is -0.111. The summed E-state index contributed by atoms with van der Waals surface area (Å²) >= 11 is 1.47. The van der Waals surface area contributed by atoms with E-state index in [4.69, 9.17) is 0 Å². The highest BCUT2D eigenvalue weighted by Gasteiger charge is 2.08. The zero-order chi connectivity index (χ0) is 16.4. The van der Waals surface area contributed by atoms with Gasteiger partial charge in [0.15, 0.2) is 5.13 Å². The van der Waals surface area contributed by atoms with Gasteiger partial charge in [-0.1, -0.05) is 47.7 Å². The van der Waals surface area contributed by atoms with Gasteiger partial charge < -0.3 is 0 Å². The maximum atomic E-state index is 12.1. The summed E-state index contributed by atoms with van der Waals surface area (Å²) in [5.41, 5.74) is 1.66. The monoisotopic (exact) mass is 331 g/mol. The Hall–Kier alpha value is -3.05. The highest BCUT2D eigenvalue weighted by atomic mass is 32.1. The minimum absolute atomic E-state index is 0.219. The van der Waals surface area contributed by atoms with Crippen molar-refractivity contribution in [1.82, 2.24) is 9.97 Å². The van der Waals surface area contributed by atoms with Gasteiger partial charge in [0.05, 0.1) is 15.9 Å². The lowest BCUT2D eigenvalue weighted by Crippen LogP contribution is -2.07. The molecular weight excluding hydrogens is 318 g/mol. The first kappa shape index (κ1) is 14.5. The first-order valence-electron chi connectivity index (χ1n) is 7.48. The van der Waals surface area contributed by atoms with E-state index in [1.807, 2.05) is 42.5 Å². The van der Waals surface area contributed by atoms with Crippen molar-refractivity contribution in [2.24, 2.45) is 0 Å². The van der Waals surface area contributed by atoms with Crippen LogP contribution in [0.25, 0.3) is 27.1 Å². The van der Waals surface area contributed by atoms with E-state index in [0.29, 0.717) is 5.13 Å². The minimum Gasteiger partial charge on any atom is -0.298 e. The Kier molecular flexibility index (Phi) is 3.76. The van der Waals surface area contributed by atoms with Crippen molar-refractivity contribution in [1.29, 1.82) is 0 Å². The molecule has 4 rings (SSSR count). The molecule has 0 aliphatic carbocycles. The molecule has 0 bridgehead atoms. The maximum absolute atomic E-state index is 12.1. The van der Waals surface area contributed by atoms with E-state index in [0.717, 1.165) is 26.7 Å². The van der Waals surface area contributed by atoms with Gasteiger partial charge in [-0.2, -0.15) is 0 Å². The number of rotatable bonds is 3. The first-order chi connectivity index (χ1) is 11.8. The van der Waals surface area contributed by atoms with Crippen LogP contribution in [-0.4, -0.2) is 15.9 Å². The maximum Gasteiger partial charge on any atom is 0.250 e. The minimum atomic E-state index is -0.219. The van der Waals surface area contributed by atoms with Crippen LogP contribution in [0.1, 0.15) is 5.69 Å². The van der Waals surface area contributed by atoms with Gasteiger partial charge in [-0.15, -0.1) is 0 Å². The third-order valence-corrected chi connectivity index (χ3v) is 4.54. The molecule has 0 aliphatic rings. The van der Waals surface area contributed by atoms with E-state index in [1.165, 1.54) is 17.4 Å². The highest BCUT2D eigenvalue weighted by molar-refractivity contribution is 7.22. The van der Waals surface area contributed by atoms with Gasteiger partial charge >= 0.3 is 0 Å². The average molecular weight is 331 g/mol. The van der Waals surface area contributed by atoms with E-state index in [-0.39, 0.29) is 5.91 Å². The highest BCUT2D eigenvalue weighted by Crippen LogP contribution is 2.31. The third kappa shape index (κ3) is 2.89. The molecule has 116 valence electrons. The number of aromatic nitrogens is 2. The number of benzene rings is 2. The molecule has 4 nitrogen and oxygen atoms in total. The molecule has 0 atom stereocenters. The molecule has 1 N–H and O–H groups in total. The number of amides is 1. The molecule has 0 radical (unpaired) electrons. The number of nitrogens with one attached hydrogen (secondary N) is 1. The molecular formula is C19H13N3OS. The Bertz CT molecular complexity index is 1050. The summed E-state index contributed by atoms with van der Waals surface area (Å²) in [4.78, 5) is 20.8. The van der Waals surface area contributed by atoms with Gasteiger partial charge in [-0.3, -0.25) is 15.1 Å². The smallest absolute Gasteiger partial charge is 0.250 e. The van der Waals surface area contributed by atoms with Crippen LogP contribution in [0.4, 0.5) is 5.13 Å². The van der Waals surface area contributed by atoms with Gasteiger partial charge in [-0.05, 0) is 29.7 Å². The van der Waals surface area contributed by atoms with Crippen LogP contribution < -0.4 is 5.32 Å². The van der Waals surface area contributed by atoms with Crippen molar-refractivity contribution in [3.05, 3.63) is 72.6 Å². The number of hydrogen-bond acceptors (Lipinski definition) is 4. The molecule has 0 spiro atoms. The molecule has 2 heterocycles. The van der Waals surface area contributed by atoms with Gasteiger partial charge in [0, 0.05) is 17.7 Å². The van der Waals surface area contributed by atoms with Crippen LogP contribution in [0.2, 0.25) is 0 Å². The Morgan fingerprint density at radius 3 is 2.79 bits per heavy atom. The Morgan fingerprint density at radius 1 is 1.04 bits per heavy atom. The van der Waals surface area contributed by atoms with Gasteiger partial charge in [-0.25, -0.2) is 4.98 Å². The van der Waals surface area contributed by atoms with Crippen molar-refractivity contribution in [3.8, 4) is 0 Å². The van der Waals surface area contributed by atoms with Crippen molar-refractivity contribution in [2.45, 2.75) is 0 Å². The summed E-state index contributed by atoms with van der Waals surface area (Å²) in [6.45, 7) is 0. The molecule has 0 saturated carbocycles. The predicted molar refractivity (Wildman–Crippen MR) is 99.0 cm³/mol. The number of nitrogens with zero attached hydrogens (tertiary/aromatic N) is 2. The second-order valence-corrected chi connectivity index (χ2v) is 6.26. The Morgan fingerprint density at radius 2 is 1.92 bits per heavy atom. The van der Waals surface area contributed by atoms with Crippen LogP contribution in [0.5, 0.6) is 0 Å². The Labute approximate surface area is 142 Å². The fourth-order valence-electron chi connectivity index (χ4n) is 2.50. The predicted octanol–water partition coefficient (Wildman–Crippen LogP) is 4.50. The van der Waals surface area contributed by atoms with Crippen molar-refractivity contribution < 1.29 is 4.79 Å². The molecule has 1 amide bonds. The summed E-state index contributed by atoms with van der Waals surface area (Å²) in [6.07, 6.45) is 4.83. The normalized spacial score (nSPS) is 11.3. The van der Waals surface area contributed by atoms with E-state index >= 15 is 0 Å². The standard InChI is InChI=1S/C19H13N3OS/c23-17(11-9-14-6-3-4-12-20-14)21-19-22-18-15-7-2-1-5-13(15)8-10-16(18)24-19/h1-12H,(H,21,22,23). The lowest BCUT2D eigenvalue weighted by Gasteiger charge is -1.96. The molecule has 24 heavy (non-hydrogen) atoms. The Balaban J connectivity index is 1.59. The zero-order valence-corrected chi connectivity index (χ0v) is 13.5. The molecule has 4 aromatic rings. The molecule has 0 unspecified atom stereocenters. The van der Waals surface area contributed by atoms with E-state index in [9.17, 15) is 4.79 Å². The summed E-state index contributed by atoms with van der Waals surface area (Å²) in [7, 11) is 0. The fourth-order valence-corrected chi connectivity index (χ4v) is 3.38. The van der Waals surface area contributed by atoms with E-state index in [2.05, 4.69) is 27.4 Å². The van der Waals surface area contributed by atoms with Crippen LogP contribution in [0.3, 0.4) is 0 Å². The zero-order valence-electron chi connectivity index (χ0n) is 12.6. The van der Waals surface area contributed by atoms with Crippen molar-refractivity contribution in [2.75, 3.05) is 5.32 Å². The van der Waals surface area contributed by atoms with Gasteiger partial charge in [0.1, 0.15) is 0 Å². The third-order valence-electron chi connectivity index (χ3n) is 3.61. The molecule has 0 aliphatic heterocycles.